The molecule has 0 aliphatic carbocycles. The van der Waals surface area contributed by atoms with Gasteiger partial charge in [-0.3, -0.25) is 9.59 Å². The Morgan fingerprint density at radius 3 is 2.42 bits per heavy atom. The van der Waals surface area contributed by atoms with Gasteiger partial charge in [0.15, 0.2) is 5.43 Å². The molecule has 0 fully saturated rings. The van der Waals surface area contributed by atoms with E-state index in [2.05, 4.69) is 0 Å². The standard InChI is InChI=1S/C21H20N2O3/c1-22(2)12-13-23-18(14-8-4-3-5-9-14)17-19(24)15-10-6-7-11-16(15)26-20(17)21(23)25/h3-11,18H,12-13H2,1-2H3/t18-/m1/s1. The number of nitrogens with zero attached hydrogens (tertiary/aromatic N) is 2. The Morgan fingerprint density at radius 1 is 1.00 bits per heavy atom. The van der Waals surface area contributed by atoms with Crippen molar-refractivity contribution < 1.29 is 9.21 Å². The van der Waals surface area contributed by atoms with Crippen LogP contribution >= 0.6 is 0 Å². The van der Waals surface area contributed by atoms with E-state index in [0.717, 1.165) is 5.56 Å². The van der Waals surface area contributed by atoms with Crippen molar-refractivity contribution in [1.29, 1.82) is 0 Å². The average Bonchev–Trinajstić information content (AvgIpc) is 2.93. The summed E-state index contributed by atoms with van der Waals surface area (Å²) in [4.78, 5) is 30.0. The number of rotatable bonds is 4. The maximum Gasteiger partial charge on any atom is 0.290 e. The van der Waals surface area contributed by atoms with Crippen LogP contribution < -0.4 is 5.43 Å². The Labute approximate surface area is 151 Å². The number of hydrogen-bond acceptors (Lipinski definition) is 4. The molecule has 4 rings (SSSR count). The van der Waals surface area contributed by atoms with Crippen LogP contribution in [0.4, 0.5) is 0 Å². The first-order chi connectivity index (χ1) is 12.6. The molecule has 3 aromatic rings. The van der Waals surface area contributed by atoms with Gasteiger partial charge < -0.3 is 14.2 Å². The first-order valence-electron chi connectivity index (χ1n) is 8.64. The molecule has 132 valence electrons. The minimum Gasteiger partial charge on any atom is -0.450 e. The normalized spacial score (nSPS) is 16.5. The van der Waals surface area contributed by atoms with Crippen molar-refractivity contribution in [3.05, 3.63) is 81.7 Å². The van der Waals surface area contributed by atoms with Gasteiger partial charge in [-0.2, -0.15) is 0 Å². The molecule has 0 saturated heterocycles. The number of fused-ring (bicyclic) bond motifs is 2. The SMILES string of the molecule is CN(C)CCN1C(=O)c2oc3ccccc3c(=O)c2[C@H]1c1ccccc1. The van der Waals surface area contributed by atoms with E-state index in [1.54, 1.807) is 23.1 Å². The molecule has 0 N–H and O–H groups in total. The fraction of sp³-hybridized carbons (Fsp3) is 0.238. The van der Waals surface area contributed by atoms with Crippen molar-refractivity contribution in [2.24, 2.45) is 0 Å². The largest absolute Gasteiger partial charge is 0.450 e. The molecule has 5 heteroatoms. The van der Waals surface area contributed by atoms with Crippen LogP contribution in [-0.2, 0) is 0 Å². The zero-order valence-corrected chi connectivity index (χ0v) is 14.8. The number of amides is 1. The zero-order valence-electron chi connectivity index (χ0n) is 14.8. The number of likely N-dealkylation sites (N-methyl/N-ethyl adjacent to an activating group) is 1. The predicted octanol–water partition coefficient (Wildman–Crippen LogP) is 2.90. The topological polar surface area (TPSA) is 53.8 Å². The van der Waals surface area contributed by atoms with E-state index >= 15 is 0 Å². The quantitative estimate of drug-likeness (QED) is 0.727. The highest BCUT2D eigenvalue weighted by Gasteiger charge is 2.42. The van der Waals surface area contributed by atoms with Crippen molar-refractivity contribution in [2.45, 2.75) is 6.04 Å². The van der Waals surface area contributed by atoms with Crippen LogP contribution in [0.5, 0.6) is 0 Å². The lowest BCUT2D eigenvalue weighted by Gasteiger charge is -2.26. The van der Waals surface area contributed by atoms with Crippen molar-refractivity contribution >= 4 is 16.9 Å². The molecule has 1 aromatic heterocycles. The second kappa shape index (κ2) is 6.42. The molecule has 0 radical (unpaired) electrons. The van der Waals surface area contributed by atoms with Gasteiger partial charge in [-0.1, -0.05) is 42.5 Å². The second-order valence-corrected chi connectivity index (χ2v) is 6.79. The lowest BCUT2D eigenvalue weighted by Crippen LogP contribution is -2.35. The Kier molecular flexibility index (Phi) is 4.09. The van der Waals surface area contributed by atoms with Crippen molar-refractivity contribution in [3.63, 3.8) is 0 Å². The van der Waals surface area contributed by atoms with Gasteiger partial charge in [-0.15, -0.1) is 0 Å². The number of benzene rings is 2. The van der Waals surface area contributed by atoms with E-state index in [0.29, 0.717) is 29.6 Å². The molecule has 1 aliphatic heterocycles. The van der Waals surface area contributed by atoms with Gasteiger partial charge in [0.2, 0.25) is 5.76 Å². The van der Waals surface area contributed by atoms with E-state index in [-0.39, 0.29) is 17.1 Å². The van der Waals surface area contributed by atoms with Crippen LogP contribution in [0.15, 0.2) is 63.8 Å². The third kappa shape index (κ3) is 2.61. The predicted molar refractivity (Wildman–Crippen MR) is 100 cm³/mol. The van der Waals surface area contributed by atoms with Gasteiger partial charge >= 0.3 is 0 Å². The van der Waals surface area contributed by atoms with Crippen LogP contribution in [0, 0.1) is 0 Å². The van der Waals surface area contributed by atoms with E-state index in [4.69, 9.17) is 4.42 Å². The van der Waals surface area contributed by atoms with Crippen molar-refractivity contribution in [3.8, 4) is 0 Å². The smallest absolute Gasteiger partial charge is 0.290 e. The van der Waals surface area contributed by atoms with Crippen LogP contribution in [-0.4, -0.2) is 42.9 Å². The molecule has 5 nitrogen and oxygen atoms in total. The van der Waals surface area contributed by atoms with Gasteiger partial charge in [0.05, 0.1) is 17.0 Å². The van der Waals surface area contributed by atoms with Gasteiger partial charge in [0.25, 0.3) is 5.91 Å². The Bertz CT molecular complexity index is 1020. The van der Waals surface area contributed by atoms with Crippen LogP contribution in [0.1, 0.15) is 27.7 Å². The fourth-order valence-electron chi connectivity index (χ4n) is 3.49. The highest BCUT2D eigenvalue weighted by atomic mass is 16.3. The Balaban J connectivity index is 1.93. The summed E-state index contributed by atoms with van der Waals surface area (Å²) < 4.78 is 5.88. The summed E-state index contributed by atoms with van der Waals surface area (Å²) >= 11 is 0. The molecule has 26 heavy (non-hydrogen) atoms. The number of para-hydroxylation sites is 1. The van der Waals surface area contributed by atoms with Gasteiger partial charge in [-0.25, -0.2) is 0 Å². The molecule has 2 aromatic carbocycles. The van der Waals surface area contributed by atoms with Crippen molar-refractivity contribution in [1.82, 2.24) is 9.80 Å². The van der Waals surface area contributed by atoms with E-state index < -0.39 is 6.04 Å². The minimum absolute atomic E-state index is 0.128. The summed E-state index contributed by atoms with van der Waals surface area (Å²) in [5.74, 6) is -0.0557. The molecular formula is C21H20N2O3. The lowest BCUT2D eigenvalue weighted by molar-refractivity contribution is 0.0716. The summed E-state index contributed by atoms with van der Waals surface area (Å²) in [5.41, 5.74) is 1.68. The number of carbonyl (C=O) groups is 1. The highest BCUT2D eigenvalue weighted by molar-refractivity contribution is 5.99. The molecule has 0 saturated carbocycles. The summed E-state index contributed by atoms with van der Waals surface area (Å²) in [6, 6.07) is 16.3. The minimum atomic E-state index is -0.417. The van der Waals surface area contributed by atoms with E-state index in [9.17, 15) is 9.59 Å². The molecule has 1 aliphatic rings. The highest BCUT2D eigenvalue weighted by Crippen LogP contribution is 2.37. The third-order valence-corrected chi connectivity index (χ3v) is 4.78. The number of hydrogen-bond donors (Lipinski definition) is 0. The molecular weight excluding hydrogens is 328 g/mol. The van der Waals surface area contributed by atoms with E-state index in [1.807, 2.05) is 55.4 Å². The van der Waals surface area contributed by atoms with Gasteiger partial charge in [0.1, 0.15) is 5.58 Å². The summed E-state index contributed by atoms with van der Waals surface area (Å²) in [5, 5.41) is 0.509. The molecule has 1 atom stereocenters. The van der Waals surface area contributed by atoms with Gasteiger partial charge in [0, 0.05) is 13.1 Å². The monoisotopic (exact) mass is 348 g/mol. The Hall–Kier alpha value is -2.92. The molecule has 0 bridgehead atoms. The summed E-state index contributed by atoms with van der Waals surface area (Å²) in [6.45, 7) is 1.22. The average molecular weight is 348 g/mol. The van der Waals surface area contributed by atoms with Gasteiger partial charge in [-0.05, 0) is 31.8 Å². The van der Waals surface area contributed by atoms with Crippen LogP contribution in [0.3, 0.4) is 0 Å². The van der Waals surface area contributed by atoms with Crippen molar-refractivity contribution in [2.75, 3.05) is 27.2 Å². The second-order valence-electron chi connectivity index (χ2n) is 6.79. The molecule has 0 spiro atoms. The van der Waals surface area contributed by atoms with E-state index in [1.165, 1.54) is 0 Å². The molecule has 1 amide bonds. The summed E-state index contributed by atoms with van der Waals surface area (Å²) in [6.07, 6.45) is 0. The first-order valence-corrected chi connectivity index (χ1v) is 8.64. The third-order valence-electron chi connectivity index (χ3n) is 4.78. The molecule has 0 unspecified atom stereocenters. The fourth-order valence-corrected chi connectivity index (χ4v) is 3.49. The Morgan fingerprint density at radius 2 is 1.69 bits per heavy atom. The summed E-state index contributed by atoms with van der Waals surface area (Å²) in [7, 11) is 3.92. The first kappa shape index (κ1) is 16.5. The molecule has 2 heterocycles. The number of carbonyl (C=O) groups excluding carboxylic acids is 1. The maximum atomic E-state index is 13.2. The van der Waals surface area contributed by atoms with Crippen LogP contribution in [0.2, 0.25) is 0 Å². The maximum absolute atomic E-state index is 13.2. The lowest BCUT2D eigenvalue weighted by atomic mass is 9.98. The zero-order chi connectivity index (χ0) is 18.3. The van der Waals surface area contributed by atoms with Crippen LogP contribution in [0.25, 0.3) is 11.0 Å².